The summed E-state index contributed by atoms with van der Waals surface area (Å²) < 4.78 is 24.7. The molecule has 1 aromatic heterocycles. The van der Waals surface area contributed by atoms with E-state index in [2.05, 4.69) is 10.3 Å². The molecule has 6 nitrogen and oxygen atoms in total. The van der Waals surface area contributed by atoms with Crippen LogP contribution in [0.1, 0.15) is 11.1 Å². The summed E-state index contributed by atoms with van der Waals surface area (Å²) >= 11 is 0. The van der Waals surface area contributed by atoms with Gasteiger partial charge in [0, 0.05) is 29.0 Å². The van der Waals surface area contributed by atoms with E-state index in [0.717, 1.165) is 5.56 Å². The number of fused-ring (bicyclic) bond motifs is 1. The second kappa shape index (κ2) is 7.81. The fourth-order valence-corrected chi connectivity index (χ4v) is 3.00. The van der Waals surface area contributed by atoms with E-state index in [1.165, 1.54) is 6.07 Å². The Morgan fingerprint density at radius 3 is 2.56 bits per heavy atom. The number of ether oxygens (including phenoxy) is 2. The van der Waals surface area contributed by atoms with Crippen LogP contribution in [0.4, 0.5) is 10.2 Å². The lowest BCUT2D eigenvalue weighted by Crippen LogP contribution is -2.33. The largest absolute Gasteiger partial charge is 0.497 e. The molecule has 0 bridgehead atoms. The fraction of sp³-hybridized carbons (Fsp3) is 0.211. The van der Waals surface area contributed by atoms with Crippen molar-refractivity contribution in [1.29, 1.82) is 0 Å². The molecule has 0 aliphatic carbocycles. The Morgan fingerprint density at radius 1 is 1.11 bits per heavy atom. The number of benzene rings is 2. The zero-order valence-corrected chi connectivity index (χ0v) is 15.3. The first kappa shape index (κ1) is 18.9. The third-order valence-corrected chi connectivity index (χ3v) is 4.39. The maximum Gasteiger partial charge on any atom is 0.490 e. The Kier molecular flexibility index (Phi) is 5.48. The first-order valence-electron chi connectivity index (χ1n) is 8.35. The third kappa shape index (κ3) is 3.81. The van der Waals surface area contributed by atoms with E-state index >= 15 is 0 Å². The molecule has 0 aliphatic rings. The summed E-state index contributed by atoms with van der Waals surface area (Å²) in [7, 11) is 1.42. The number of hydrogen-bond acceptors (Lipinski definition) is 6. The van der Waals surface area contributed by atoms with Crippen molar-refractivity contribution in [3.05, 3.63) is 53.3 Å². The van der Waals surface area contributed by atoms with Crippen molar-refractivity contribution in [3.8, 4) is 11.5 Å². The summed E-state index contributed by atoms with van der Waals surface area (Å²) in [6.45, 7) is 2.03. The minimum Gasteiger partial charge on any atom is -0.497 e. The topological polar surface area (TPSA) is 83.8 Å². The van der Waals surface area contributed by atoms with Crippen LogP contribution in [-0.2, 0) is 6.54 Å². The monoisotopic (exact) mass is 370 g/mol. The number of aromatic nitrogens is 1. The van der Waals surface area contributed by atoms with Gasteiger partial charge in [-0.05, 0) is 42.8 Å². The van der Waals surface area contributed by atoms with Crippen LogP contribution in [0.5, 0.6) is 11.5 Å². The van der Waals surface area contributed by atoms with Crippen molar-refractivity contribution in [1.82, 2.24) is 4.98 Å². The first-order valence-corrected chi connectivity index (χ1v) is 8.35. The highest BCUT2D eigenvalue weighted by Gasteiger charge is 2.21. The zero-order chi connectivity index (χ0) is 19.6. The zero-order valence-electron chi connectivity index (χ0n) is 15.3. The number of halogens is 1. The molecule has 2 aromatic carbocycles. The van der Waals surface area contributed by atoms with Gasteiger partial charge in [-0.3, -0.25) is 0 Å². The van der Waals surface area contributed by atoms with Crippen LogP contribution in [0.15, 0.2) is 36.4 Å². The van der Waals surface area contributed by atoms with E-state index in [9.17, 15) is 14.4 Å². The summed E-state index contributed by atoms with van der Waals surface area (Å²) in [4.78, 5) is 4.39. The van der Waals surface area contributed by atoms with Gasteiger partial charge in [-0.2, -0.15) is 0 Å². The Hall–Kier alpha value is -2.84. The Bertz CT molecular complexity index is 982. The van der Waals surface area contributed by atoms with Crippen LogP contribution >= 0.6 is 0 Å². The van der Waals surface area contributed by atoms with Crippen molar-refractivity contribution in [3.63, 3.8) is 0 Å². The summed E-state index contributed by atoms with van der Waals surface area (Å²) in [5, 5.41) is 22.7. The number of rotatable bonds is 6. The molecule has 0 saturated heterocycles. The van der Waals surface area contributed by atoms with Crippen molar-refractivity contribution in [2.45, 2.75) is 13.5 Å². The Labute approximate surface area is 156 Å². The number of nitrogens with one attached hydrogen (secondary N) is 1. The van der Waals surface area contributed by atoms with Gasteiger partial charge < -0.3 is 24.8 Å². The molecule has 0 amide bonds. The predicted molar refractivity (Wildman–Crippen MR) is 103 cm³/mol. The third-order valence-electron chi connectivity index (χ3n) is 4.39. The van der Waals surface area contributed by atoms with E-state index in [1.807, 2.05) is 12.1 Å². The molecule has 0 aliphatic heterocycles. The molecule has 0 saturated carbocycles. The van der Waals surface area contributed by atoms with Crippen LogP contribution in [0.2, 0.25) is 0 Å². The van der Waals surface area contributed by atoms with Gasteiger partial charge in [0.15, 0.2) is 0 Å². The maximum atomic E-state index is 14.2. The van der Waals surface area contributed by atoms with Gasteiger partial charge in [0.25, 0.3) is 0 Å². The molecular weight excluding hydrogens is 350 g/mol. The molecule has 0 radical (unpaired) electrons. The number of methoxy groups -OCH3 is 2. The first-order chi connectivity index (χ1) is 12.9. The lowest BCUT2D eigenvalue weighted by atomic mass is 9.75. The highest BCUT2D eigenvalue weighted by Crippen LogP contribution is 2.26. The second-order valence-electron chi connectivity index (χ2n) is 6.09. The summed E-state index contributed by atoms with van der Waals surface area (Å²) in [6.07, 6.45) is 0. The molecule has 0 unspecified atom stereocenters. The molecular formula is C19H20BFN2O4. The predicted octanol–water partition coefficient (Wildman–Crippen LogP) is 1.99. The minimum absolute atomic E-state index is 0.192. The van der Waals surface area contributed by atoms with Crippen LogP contribution < -0.4 is 20.3 Å². The van der Waals surface area contributed by atoms with Crippen molar-refractivity contribution in [2.75, 3.05) is 19.5 Å². The van der Waals surface area contributed by atoms with E-state index in [1.54, 1.807) is 39.3 Å². The minimum atomic E-state index is -1.74. The highest BCUT2D eigenvalue weighted by atomic mass is 19.1. The summed E-state index contributed by atoms with van der Waals surface area (Å²) in [6, 6.07) is 9.96. The van der Waals surface area contributed by atoms with Crippen molar-refractivity contribution in [2.24, 2.45) is 0 Å². The molecule has 27 heavy (non-hydrogen) atoms. The van der Waals surface area contributed by atoms with Gasteiger partial charge in [0.2, 0.25) is 0 Å². The van der Waals surface area contributed by atoms with Crippen LogP contribution in [0.25, 0.3) is 10.9 Å². The smallest absolute Gasteiger partial charge is 0.490 e. The maximum absolute atomic E-state index is 14.2. The van der Waals surface area contributed by atoms with Crippen LogP contribution in [0.3, 0.4) is 0 Å². The van der Waals surface area contributed by atoms with E-state index in [-0.39, 0.29) is 16.4 Å². The van der Waals surface area contributed by atoms with Gasteiger partial charge in [-0.25, -0.2) is 9.37 Å². The highest BCUT2D eigenvalue weighted by molar-refractivity contribution is 6.62. The number of hydrogen-bond donors (Lipinski definition) is 3. The molecule has 140 valence electrons. The fourth-order valence-electron chi connectivity index (χ4n) is 3.00. The van der Waals surface area contributed by atoms with Crippen molar-refractivity contribution < 1.29 is 23.9 Å². The average molecular weight is 370 g/mol. The van der Waals surface area contributed by atoms with E-state index in [4.69, 9.17) is 9.47 Å². The average Bonchev–Trinajstić information content (AvgIpc) is 2.65. The SMILES string of the molecule is COc1ccc(CNc2ccc3c(F)cc(C)c(B(O)O)c3n2)c(OC)c1. The van der Waals surface area contributed by atoms with Gasteiger partial charge in [-0.1, -0.05) is 0 Å². The molecule has 0 fully saturated rings. The van der Waals surface area contributed by atoms with Crippen LogP contribution in [0, 0.1) is 12.7 Å². The van der Waals surface area contributed by atoms with E-state index < -0.39 is 12.9 Å². The lowest BCUT2D eigenvalue weighted by Gasteiger charge is -2.14. The Morgan fingerprint density at radius 2 is 1.89 bits per heavy atom. The lowest BCUT2D eigenvalue weighted by molar-refractivity contribution is 0.391. The summed E-state index contributed by atoms with van der Waals surface area (Å²) in [5.74, 6) is 1.37. The summed E-state index contributed by atoms with van der Waals surface area (Å²) in [5.41, 5.74) is 1.72. The normalized spacial score (nSPS) is 10.7. The molecule has 1 heterocycles. The standard InChI is InChI=1S/C19H20BFN2O4/c1-11-8-15(21)14-6-7-17(23-19(14)18(11)20(24)25)22-10-12-4-5-13(26-2)9-16(12)27-3/h4-9,24-25H,10H2,1-3H3,(H,22,23). The van der Waals surface area contributed by atoms with Gasteiger partial charge >= 0.3 is 7.12 Å². The van der Waals surface area contributed by atoms with Crippen molar-refractivity contribution >= 4 is 29.3 Å². The number of anilines is 1. The molecule has 3 N–H and O–H groups in total. The Balaban J connectivity index is 1.93. The number of aryl methyl sites for hydroxylation is 1. The van der Waals surface area contributed by atoms with Gasteiger partial charge in [-0.15, -0.1) is 0 Å². The van der Waals surface area contributed by atoms with Crippen LogP contribution in [-0.4, -0.2) is 36.4 Å². The van der Waals surface area contributed by atoms with Gasteiger partial charge in [0.05, 0.1) is 19.7 Å². The molecule has 3 aromatic rings. The second-order valence-corrected chi connectivity index (χ2v) is 6.09. The molecule has 3 rings (SSSR count). The molecule has 0 atom stereocenters. The molecule has 0 spiro atoms. The van der Waals surface area contributed by atoms with E-state index in [0.29, 0.717) is 29.4 Å². The quantitative estimate of drug-likeness (QED) is 0.576. The van der Waals surface area contributed by atoms with Gasteiger partial charge in [0.1, 0.15) is 23.1 Å². The molecule has 8 heteroatoms. The number of nitrogens with zero attached hydrogens (tertiary/aromatic N) is 1. The number of pyridine rings is 1.